The second-order valence-electron chi connectivity index (χ2n) is 4.42. The molecule has 1 aromatic heterocycles. The summed E-state index contributed by atoms with van der Waals surface area (Å²) in [5.41, 5.74) is 0. The minimum Gasteiger partial charge on any atom is -0.424 e. The van der Waals surface area contributed by atoms with Crippen LogP contribution in [0.15, 0.2) is 30.3 Å². The highest BCUT2D eigenvalue weighted by Gasteiger charge is 2.11. The topological polar surface area (TPSA) is 54.4 Å². The van der Waals surface area contributed by atoms with Crippen LogP contribution < -0.4 is 14.5 Å². The Kier molecular flexibility index (Phi) is 3.79. The molecule has 100 valence electrons. The van der Waals surface area contributed by atoms with E-state index in [2.05, 4.69) is 15.0 Å². The Labute approximate surface area is 112 Å². The van der Waals surface area contributed by atoms with Gasteiger partial charge in [-0.05, 0) is 12.1 Å². The maximum atomic E-state index is 5.64. The fourth-order valence-electron chi connectivity index (χ4n) is 1.38. The molecule has 0 unspecified atom stereocenters. The van der Waals surface area contributed by atoms with Crippen molar-refractivity contribution in [3.63, 3.8) is 0 Å². The highest BCUT2D eigenvalue weighted by atomic mass is 16.5. The van der Waals surface area contributed by atoms with E-state index in [4.69, 9.17) is 4.74 Å². The lowest BCUT2D eigenvalue weighted by Crippen LogP contribution is -2.19. The standard InChI is InChI=1S/C13H17N5O/c1-17(2)11-14-12(18(3)4)16-13(15-11)19-10-8-6-5-7-9-10/h5-9H,1-4H3. The van der Waals surface area contributed by atoms with Gasteiger partial charge in [0.05, 0.1) is 0 Å². The molecule has 0 saturated carbocycles. The van der Waals surface area contributed by atoms with E-state index in [1.165, 1.54) is 0 Å². The molecule has 19 heavy (non-hydrogen) atoms. The maximum Gasteiger partial charge on any atom is 0.328 e. The first-order valence-electron chi connectivity index (χ1n) is 5.90. The number of ether oxygens (including phenoxy) is 1. The van der Waals surface area contributed by atoms with Crippen molar-refractivity contribution in [2.45, 2.75) is 0 Å². The quantitative estimate of drug-likeness (QED) is 0.834. The second-order valence-corrected chi connectivity index (χ2v) is 4.42. The first kappa shape index (κ1) is 13.1. The van der Waals surface area contributed by atoms with Crippen LogP contribution in [0.3, 0.4) is 0 Å². The average Bonchev–Trinajstić information content (AvgIpc) is 2.39. The third kappa shape index (κ3) is 3.31. The van der Waals surface area contributed by atoms with Gasteiger partial charge in [0, 0.05) is 28.2 Å². The van der Waals surface area contributed by atoms with Crippen molar-refractivity contribution in [2.24, 2.45) is 0 Å². The average molecular weight is 259 g/mol. The minimum atomic E-state index is 0.286. The SMILES string of the molecule is CN(C)c1nc(Oc2ccccc2)nc(N(C)C)n1. The first-order chi connectivity index (χ1) is 9.06. The van der Waals surface area contributed by atoms with Crippen LogP contribution in [0.2, 0.25) is 0 Å². The maximum absolute atomic E-state index is 5.64. The molecule has 0 amide bonds. The molecule has 0 atom stereocenters. The number of benzene rings is 1. The number of anilines is 2. The van der Waals surface area contributed by atoms with Crippen molar-refractivity contribution in [1.29, 1.82) is 0 Å². The Morgan fingerprint density at radius 1 is 0.789 bits per heavy atom. The minimum absolute atomic E-state index is 0.286. The number of hydrogen-bond donors (Lipinski definition) is 0. The number of hydrogen-bond acceptors (Lipinski definition) is 6. The van der Waals surface area contributed by atoms with Crippen LogP contribution in [-0.4, -0.2) is 43.1 Å². The summed E-state index contributed by atoms with van der Waals surface area (Å²) < 4.78 is 5.64. The summed E-state index contributed by atoms with van der Waals surface area (Å²) >= 11 is 0. The molecule has 0 bridgehead atoms. The molecular weight excluding hydrogens is 242 g/mol. The van der Waals surface area contributed by atoms with Crippen molar-refractivity contribution < 1.29 is 4.74 Å². The van der Waals surface area contributed by atoms with Gasteiger partial charge in [-0.3, -0.25) is 0 Å². The molecule has 0 fully saturated rings. The van der Waals surface area contributed by atoms with E-state index < -0.39 is 0 Å². The third-order valence-electron chi connectivity index (χ3n) is 2.34. The largest absolute Gasteiger partial charge is 0.424 e. The normalized spacial score (nSPS) is 10.1. The van der Waals surface area contributed by atoms with Crippen LogP contribution in [-0.2, 0) is 0 Å². The summed E-state index contributed by atoms with van der Waals surface area (Å²) in [5, 5.41) is 0. The summed E-state index contributed by atoms with van der Waals surface area (Å²) in [4.78, 5) is 16.5. The summed E-state index contributed by atoms with van der Waals surface area (Å²) in [6, 6.07) is 9.72. The fourth-order valence-corrected chi connectivity index (χ4v) is 1.38. The van der Waals surface area contributed by atoms with Crippen LogP contribution >= 0.6 is 0 Å². The Morgan fingerprint density at radius 3 is 1.79 bits per heavy atom. The van der Waals surface area contributed by atoms with E-state index in [0.29, 0.717) is 17.6 Å². The van der Waals surface area contributed by atoms with Gasteiger partial charge in [0.1, 0.15) is 5.75 Å². The van der Waals surface area contributed by atoms with E-state index in [1.807, 2.05) is 68.3 Å². The van der Waals surface area contributed by atoms with Gasteiger partial charge in [-0.15, -0.1) is 0 Å². The molecule has 2 rings (SSSR count). The zero-order chi connectivity index (χ0) is 13.8. The monoisotopic (exact) mass is 259 g/mol. The third-order valence-corrected chi connectivity index (χ3v) is 2.34. The predicted molar refractivity (Wildman–Crippen MR) is 75.0 cm³/mol. The smallest absolute Gasteiger partial charge is 0.328 e. The van der Waals surface area contributed by atoms with E-state index in [1.54, 1.807) is 0 Å². The highest BCUT2D eigenvalue weighted by Crippen LogP contribution is 2.20. The lowest BCUT2D eigenvalue weighted by atomic mass is 10.3. The lowest BCUT2D eigenvalue weighted by Gasteiger charge is -2.16. The molecular formula is C13H17N5O. The predicted octanol–water partition coefficient (Wildman–Crippen LogP) is 1.80. The van der Waals surface area contributed by atoms with Crippen LogP contribution in [0, 0.1) is 0 Å². The summed E-state index contributed by atoms with van der Waals surface area (Å²) in [6.45, 7) is 0. The zero-order valence-corrected chi connectivity index (χ0v) is 11.5. The van der Waals surface area contributed by atoms with Gasteiger partial charge in [0.25, 0.3) is 0 Å². The summed E-state index contributed by atoms with van der Waals surface area (Å²) in [5.74, 6) is 1.82. The lowest BCUT2D eigenvalue weighted by molar-refractivity contribution is 0.440. The molecule has 0 aliphatic rings. The van der Waals surface area contributed by atoms with Crippen LogP contribution in [0.25, 0.3) is 0 Å². The second kappa shape index (κ2) is 5.51. The summed E-state index contributed by atoms with van der Waals surface area (Å²) in [6.07, 6.45) is 0. The van der Waals surface area contributed by atoms with Gasteiger partial charge in [0.15, 0.2) is 0 Å². The molecule has 1 heterocycles. The van der Waals surface area contributed by atoms with E-state index in [-0.39, 0.29) is 6.01 Å². The van der Waals surface area contributed by atoms with Gasteiger partial charge in [-0.2, -0.15) is 15.0 Å². The first-order valence-corrected chi connectivity index (χ1v) is 5.90. The Hall–Kier alpha value is -2.37. The van der Waals surface area contributed by atoms with Crippen molar-refractivity contribution >= 4 is 11.9 Å². The number of rotatable bonds is 4. The molecule has 0 aliphatic carbocycles. The molecule has 0 spiro atoms. The van der Waals surface area contributed by atoms with E-state index in [0.717, 1.165) is 0 Å². The van der Waals surface area contributed by atoms with Gasteiger partial charge < -0.3 is 14.5 Å². The molecule has 2 aromatic rings. The van der Waals surface area contributed by atoms with Crippen LogP contribution in [0.4, 0.5) is 11.9 Å². The molecule has 0 saturated heterocycles. The van der Waals surface area contributed by atoms with Crippen LogP contribution in [0.5, 0.6) is 11.8 Å². The van der Waals surface area contributed by atoms with Gasteiger partial charge in [-0.1, -0.05) is 18.2 Å². The van der Waals surface area contributed by atoms with Gasteiger partial charge in [0.2, 0.25) is 11.9 Å². The highest BCUT2D eigenvalue weighted by molar-refractivity contribution is 5.39. The number of aromatic nitrogens is 3. The Balaban J connectivity index is 2.34. The van der Waals surface area contributed by atoms with Crippen LogP contribution in [0.1, 0.15) is 0 Å². The molecule has 6 heteroatoms. The molecule has 0 radical (unpaired) electrons. The van der Waals surface area contributed by atoms with Crippen molar-refractivity contribution in [2.75, 3.05) is 38.0 Å². The summed E-state index contributed by atoms with van der Waals surface area (Å²) in [7, 11) is 7.50. The molecule has 1 aromatic carbocycles. The van der Waals surface area contributed by atoms with Gasteiger partial charge >= 0.3 is 6.01 Å². The molecule has 0 N–H and O–H groups in total. The Morgan fingerprint density at radius 2 is 1.32 bits per heavy atom. The van der Waals surface area contributed by atoms with Crippen molar-refractivity contribution in [1.82, 2.24) is 15.0 Å². The number of nitrogens with zero attached hydrogens (tertiary/aromatic N) is 5. The zero-order valence-electron chi connectivity index (χ0n) is 11.5. The van der Waals surface area contributed by atoms with Crippen molar-refractivity contribution in [3.05, 3.63) is 30.3 Å². The van der Waals surface area contributed by atoms with Crippen molar-refractivity contribution in [3.8, 4) is 11.8 Å². The van der Waals surface area contributed by atoms with E-state index >= 15 is 0 Å². The molecule has 0 aliphatic heterocycles. The number of para-hydroxylation sites is 1. The molecule has 6 nitrogen and oxygen atoms in total. The fraction of sp³-hybridized carbons (Fsp3) is 0.308. The van der Waals surface area contributed by atoms with Gasteiger partial charge in [-0.25, -0.2) is 0 Å². The Bertz CT molecular complexity index is 516. The van der Waals surface area contributed by atoms with E-state index in [9.17, 15) is 0 Å².